The maximum atomic E-state index is 6.41. The summed E-state index contributed by atoms with van der Waals surface area (Å²) in [5.41, 5.74) is 1.74. The molecule has 2 aromatic rings. The van der Waals surface area contributed by atoms with Gasteiger partial charge in [-0.2, -0.15) is 0 Å². The first-order chi connectivity index (χ1) is 11.3. The van der Waals surface area contributed by atoms with Gasteiger partial charge in [0.1, 0.15) is 16.4 Å². The lowest BCUT2D eigenvalue weighted by Crippen LogP contribution is -2.32. The summed E-state index contributed by atoms with van der Waals surface area (Å²) < 4.78 is 12.5. The minimum atomic E-state index is -0.907. The summed E-state index contributed by atoms with van der Waals surface area (Å²) in [5.74, 6) is 0.975. The van der Waals surface area contributed by atoms with Crippen LogP contribution in [0.3, 0.4) is 0 Å². The number of aromatic nitrogens is 1. The summed E-state index contributed by atoms with van der Waals surface area (Å²) in [4.78, 5) is 4.57. The molecule has 1 radical (unpaired) electrons. The van der Waals surface area contributed by atoms with Crippen LogP contribution >= 0.6 is 11.3 Å². The Morgan fingerprint density at radius 2 is 1.83 bits per heavy atom. The maximum Gasteiger partial charge on any atom is 0.274 e. The van der Waals surface area contributed by atoms with Gasteiger partial charge in [-0.05, 0) is 30.5 Å². The minimum absolute atomic E-state index is 0.00123. The van der Waals surface area contributed by atoms with E-state index in [1.54, 1.807) is 18.4 Å². The van der Waals surface area contributed by atoms with Crippen LogP contribution in [0.5, 0.6) is 5.75 Å². The Labute approximate surface area is 151 Å². The Bertz CT molecular complexity index is 659. The van der Waals surface area contributed by atoms with Gasteiger partial charge in [0.2, 0.25) is 0 Å². The molecule has 1 aromatic carbocycles. The van der Waals surface area contributed by atoms with E-state index in [0.717, 1.165) is 22.7 Å². The third-order valence-corrected chi connectivity index (χ3v) is 5.72. The summed E-state index contributed by atoms with van der Waals surface area (Å²) in [6, 6.07) is 6.41. The summed E-state index contributed by atoms with van der Waals surface area (Å²) in [5, 5.41) is 2.98. The number of ether oxygens (including phenoxy) is 1. The van der Waals surface area contributed by atoms with Crippen LogP contribution in [0.25, 0.3) is 0 Å². The Morgan fingerprint density at radius 3 is 2.29 bits per heavy atom. The topological polar surface area (TPSA) is 31.4 Å². The SMILES string of the molecule is CCC(OC)(c1nccs1)c1cccc(C(C)(C)C)c1O[Si](C)C. The molecule has 0 bridgehead atoms. The molecule has 1 heterocycles. The van der Waals surface area contributed by atoms with Gasteiger partial charge in [-0.1, -0.05) is 45.9 Å². The predicted octanol–water partition coefficient (Wildman–Crippen LogP) is 5.37. The third-order valence-electron chi connectivity index (χ3n) is 4.19. The van der Waals surface area contributed by atoms with E-state index in [9.17, 15) is 0 Å². The molecule has 0 aliphatic rings. The first-order valence-corrected chi connectivity index (χ1v) is 11.6. The van der Waals surface area contributed by atoms with E-state index in [4.69, 9.17) is 9.16 Å². The number of thiazole rings is 1. The van der Waals surface area contributed by atoms with Crippen LogP contribution in [0.4, 0.5) is 0 Å². The highest BCUT2D eigenvalue weighted by Crippen LogP contribution is 2.45. The summed E-state index contributed by atoms with van der Waals surface area (Å²) in [6.07, 6.45) is 2.64. The van der Waals surface area contributed by atoms with Crippen molar-refractivity contribution in [1.29, 1.82) is 0 Å². The molecule has 0 spiro atoms. The van der Waals surface area contributed by atoms with Crippen molar-refractivity contribution < 1.29 is 9.16 Å². The van der Waals surface area contributed by atoms with Gasteiger partial charge >= 0.3 is 0 Å². The highest BCUT2D eigenvalue weighted by Gasteiger charge is 2.39. The van der Waals surface area contributed by atoms with Gasteiger partial charge in [-0.3, -0.25) is 0 Å². The quantitative estimate of drug-likeness (QED) is 0.647. The Kier molecular flexibility index (Phi) is 5.89. The third kappa shape index (κ3) is 3.58. The highest BCUT2D eigenvalue weighted by atomic mass is 32.1. The molecule has 0 aliphatic heterocycles. The zero-order valence-corrected chi connectivity index (χ0v) is 17.6. The fourth-order valence-electron chi connectivity index (χ4n) is 2.98. The van der Waals surface area contributed by atoms with Crippen molar-refractivity contribution in [2.24, 2.45) is 0 Å². The lowest BCUT2D eigenvalue weighted by molar-refractivity contribution is 0.0170. The van der Waals surface area contributed by atoms with Gasteiger partial charge in [0.15, 0.2) is 0 Å². The monoisotopic (exact) mass is 362 g/mol. The van der Waals surface area contributed by atoms with Gasteiger partial charge in [0, 0.05) is 24.3 Å². The number of hydrogen-bond acceptors (Lipinski definition) is 4. The lowest BCUT2D eigenvalue weighted by Gasteiger charge is -2.34. The first-order valence-electron chi connectivity index (χ1n) is 8.33. The molecule has 0 saturated carbocycles. The molecule has 2 rings (SSSR count). The number of rotatable bonds is 6. The van der Waals surface area contributed by atoms with E-state index in [-0.39, 0.29) is 5.41 Å². The number of hydrogen-bond donors (Lipinski definition) is 0. The minimum Gasteiger partial charge on any atom is -0.542 e. The van der Waals surface area contributed by atoms with E-state index in [0.29, 0.717) is 0 Å². The second-order valence-electron chi connectivity index (χ2n) is 7.16. The molecule has 1 aromatic heterocycles. The molecular weight excluding hydrogens is 334 g/mol. The van der Waals surface area contributed by atoms with Crippen LogP contribution in [0.15, 0.2) is 29.8 Å². The van der Waals surface area contributed by atoms with Crippen molar-refractivity contribution in [3.8, 4) is 5.75 Å². The van der Waals surface area contributed by atoms with E-state index < -0.39 is 14.6 Å². The van der Waals surface area contributed by atoms with Crippen molar-refractivity contribution in [1.82, 2.24) is 4.98 Å². The fourth-order valence-corrected chi connectivity index (χ4v) is 4.51. The van der Waals surface area contributed by atoms with Crippen LogP contribution in [0.1, 0.15) is 50.3 Å². The van der Waals surface area contributed by atoms with Crippen molar-refractivity contribution in [2.45, 2.75) is 58.2 Å². The average Bonchev–Trinajstić information content (AvgIpc) is 3.03. The molecule has 0 saturated heterocycles. The van der Waals surface area contributed by atoms with Gasteiger partial charge in [0.05, 0.1) is 0 Å². The number of methoxy groups -OCH3 is 1. The predicted molar refractivity (Wildman–Crippen MR) is 103 cm³/mol. The second kappa shape index (κ2) is 7.38. The molecule has 131 valence electrons. The number of para-hydroxylation sites is 1. The molecule has 0 N–H and O–H groups in total. The van der Waals surface area contributed by atoms with Crippen LogP contribution in [-0.2, 0) is 15.8 Å². The Hall–Kier alpha value is -1.17. The van der Waals surface area contributed by atoms with E-state index >= 15 is 0 Å². The molecule has 5 heteroatoms. The zero-order valence-electron chi connectivity index (χ0n) is 15.8. The van der Waals surface area contributed by atoms with Gasteiger partial charge in [-0.15, -0.1) is 11.3 Å². The van der Waals surface area contributed by atoms with Crippen molar-refractivity contribution in [3.05, 3.63) is 45.9 Å². The summed E-state index contributed by atoms with van der Waals surface area (Å²) >= 11 is 1.63. The Balaban J connectivity index is 2.76. The summed E-state index contributed by atoms with van der Waals surface area (Å²) in [6.45, 7) is 13.1. The molecule has 0 fully saturated rings. The van der Waals surface area contributed by atoms with E-state index in [2.05, 4.69) is 64.0 Å². The van der Waals surface area contributed by atoms with Crippen LogP contribution < -0.4 is 4.43 Å². The molecule has 1 atom stereocenters. The van der Waals surface area contributed by atoms with Crippen molar-refractivity contribution >= 4 is 20.4 Å². The molecule has 1 unspecified atom stereocenters. The Morgan fingerprint density at radius 1 is 1.17 bits per heavy atom. The normalized spacial score (nSPS) is 14.7. The molecule has 3 nitrogen and oxygen atoms in total. The lowest BCUT2D eigenvalue weighted by atomic mass is 9.81. The van der Waals surface area contributed by atoms with Gasteiger partial charge in [0.25, 0.3) is 9.04 Å². The highest BCUT2D eigenvalue weighted by molar-refractivity contribution is 7.09. The van der Waals surface area contributed by atoms with Gasteiger partial charge < -0.3 is 9.16 Å². The largest absolute Gasteiger partial charge is 0.542 e. The molecule has 0 aliphatic carbocycles. The van der Waals surface area contributed by atoms with Crippen molar-refractivity contribution in [3.63, 3.8) is 0 Å². The fraction of sp³-hybridized carbons (Fsp3) is 0.526. The zero-order chi connectivity index (χ0) is 18.0. The first kappa shape index (κ1) is 19.2. The molecular formula is C19H28NO2SSi. The van der Waals surface area contributed by atoms with E-state index in [1.807, 2.05) is 11.6 Å². The standard InChI is InChI=1S/C19H28NO2SSi/c1-8-19(21-5,17-20-12-13-23-17)15-11-9-10-14(18(2,3)4)16(15)22-24(6)7/h9-13H,8H2,1-7H3. The van der Waals surface area contributed by atoms with Crippen LogP contribution in [-0.4, -0.2) is 21.1 Å². The smallest absolute Gasteiger partial charge is 0.274 e. The second-order valence-corrected chi connectivity index (χ2v) is 10.1. The maximum absolute atomic E-state index is 6.41. The molecule has 0 amide bonds. The van der Waals surface area contributed by atoms with E-state index in [1.165, 1.54) is 5.56 Å². The summed E-state index contributed by atoms with van der Waals surface area (Å²) in [7, 11) is 0.859. The van der Waals surface area contributed by atoms with Crippen molar-refractivity contribution in [2.75, 3.05) is 7.11 Å². The number of nitrogens with zero attached hydrogens (tertiary/aromatic N) is 1. The van der Waals surface area contributed by atoms with Crippen LogP contribution in [0, 0.1) is 0 Å². The van der Waals surface area contributed by atoms with Crippen LogP contribution in [0.2, 0.25) is 13.1 Å². The molecule has 24 heavy (non-hydrogen) atoms. The van der Waals surface area contributed by atoms with Gasteiger partial charge in [-0.25, -0.2) is 4.98 Å². The number of benzene rings is 1. The average molecular weight is 363 g/mol.